The average Bonchev–Trinajstić information content (AvgIpc) is 2.39. The van der Waals surface area contributed by atoms with Gasteiger partial charge in [-0.3, -0.25) is 0 Å². The molecular weight excluding hydrogens is 242 g/mol. The van der Waals surface area contributed by atoms with Gasteiger partial charge in [-0.2, -0.15) is 0 Å². The van der Waals surface area contributed by atoms with E-state index in [1.807, 2.05) is 18.2 Å². The SMILES string of the molecule is CCC1CCCCC1C(C)(N)c1ccccc1Cl. The van der Waals surface area contributed by atoms with Crippen LogP contribution in [0, 0.1) is 11.8 Å². The van der Waals surface area contributed by atoms with Crippen LogP contribution < -0.4 is 5.73 Å². The maximum atomic E-state index is 6.70. The lowest BCUT2D eigenvalue weighted by Crippen LogP contribution is -2.46. The normalized spacial score (nSPS) is 27.8. The highest BCUT2D eigenvalue weighted by atomic mass is 35.5. The van der Waals surface area contributed by atoms with Crippen molar-refractivity contribution >= 4 is 11.6 Å². The van der Waals surface area contributed by atoms with Crippen LogP contribution in [0.3, 0.4) is 0 Å². The van der Waals surface area contributed by atoms with E-state index in [1.54, 1.807) is 0 Å². The molecule has 100 valence electrons. The summed E-state index contributed by atoms with van der Waals surface area (Å²) in [4.78, 5) is 0. The molecule has 3 unspecified atom stereocenters. The second kappa shape index (κ2) is 5.63. The molecule has 18 heavy (non-hydrogen) atoms. The van der Waals surface area contributed by atoms with Crippen molar-refractivity contribution in [3.05, 3.63) is 34.9 Å². The van der Waals surface area contributed by atoms with E-state index in [9.17, 15) is 0 Å². The van der Waals surface area contributed by atoms with Gasteiger partial charge in [-0.1, -0.05) is 62.4 Å². The fraction of sp³-hybridized carbons (Fsp3) is 0.625. The summed E-state index contributed by atoms with van der Waals surface area (Å²) in [7, 11) is 0. The zero-order valence-corrected chi connectivity index (χ0v) is 12.2. The molecular formula is C16H24ClN. The minimum Gasteiger partial charge on any atom is -0.321 e. The fourth-order valence-electron chi connectivity index (χ4n) is 3.58. The molecule has 0 saturated heterocycles. The summed E-state index contributed by atoms with van der Waals surface area (Å²) in [6.07, 6.45) is 6.43. The predicted molar refractivity (Wildman–Crippen MR) is 78.7 cm³/mol. The Morgan fingerprint density at radius 2 is 1.94 bits per heavy atom. The number of hydrogen-bond acceptors (Lipinski definition) is 1. The molecule has 1 saturated carbocycles. The van der Waals surface area contributed by atoms with Gasteiger partial charge >= 0.3 is 0 Å². The van der Waals surface area contributed by atoms with Crippen molar-refractivity contribution in [1.29, 1.82) is 0 Å². The number of rotatable bonds is 3. The van der Waals surface area contributed by atoms with Crippen molar-refractivity contribution in [1.82, 2.24) is 0 Å². The first kappa shape index (κ1) is 13.9. The topological polar surface area (TPSA) is 26.0 Å². The van der Waals surface area contributed by atoms with Gasteiger partial charge in [0.25, 0.3) is 0 Å². The Morgan fingerprint density at radius 1 is 1.28 bits per heavy atom. The van der Waals surface area contributed by atoms with Gasteiger partial charge in [0.15, 0.2) is 0 Å². The molecule has 0 aliphatic heterocycles. The monoisotopic (exact) mass is 265 g/mol. The van der Waals surface area contributed by atoms with Crippen molar-refractivity contribution in [3.8, 4) is 0 Å². The second-order valence-electron chi connectivity index (χ2n) is 5.82. The van der Waals surface area contributed by atoms with E-state index in [0.29, 0.717) is 5.92 Å². The van der Waals surface area contributed by atoms with Crippen LogP contribution in [0.15, 0.2) is 24.3 Å². The molecule has 2 rings (SSSR count). The Hall–Kier alpha value is -0.530. The van der Waals surface area contributed by atoms with E-state index in [4.69, 9.17) is 17.3 Å². The van der Waals surface area contributed by atoms with Gasteiger partial charge in [0.1, 0.15) is 0 Å². The largest absolute Gasteiger partial charge is 0.321 e. The summed E-state index contributed by atoms with van der Waals surface area (Å²) in [5.74, 6) is 1.29. The molecule has 0 bridgehead atoms. The molecule has 1 aliphatic rings. The average molecular weight is 266 g/mol. The molecule has 0 spiro atoms. The maximum absolute atomic E-state index is 6.70. The zero-order valence-electron chi connectivity index (χ0n) is 11.5. The first-order valence-corrected chi connectivity index (χ1v) is 7.49. The van der Waals surface area contributed by atoms with Crippen molar-refractivity contribution in [2.75, 3.05) is 0 Å². The summed E-state index contributed by atoms with van der Waals surface area (Å²) < 4.78 is 0. The third kappa shape index (κ3) is 2.57. The van der Waals surface area contributed by atoms with E-state index in [1.165, 1.54) is 32.1 Å². The maximum Gasteiger partial charge on any atom is 0.0456 e. The third-order valence-electron chi connectivity index (χ3n) is 4.66. The number of benzene rings is 1. The molecule has 3 atom stereocenters. The molecule has 1 aromatic carbocycles. The summed E-state index contributed by atoms with van der Waals surface area (Å²) in [6.45, 7) is 4.44. The minimum absolute atomic E-state index is 0.306. The van der Waals surface area contributed by atoms with Crippen molar-refractivity contribution in [2.24, 2.45) is 17.6 Å². The Labute approximate surface area is 116 Å². The van der Waals surface area contributed by atoms with Crippen molar-refractivity contribution in [2.45, 2.75) is 51.5 Å². The Morgan fingerprint density at radius 3 is 2.61 bits per heavy atom. The first-order valence-electron chi connectivity index (χ1n) is 7.11. The first-order chi connectivity index (χ1) is 8.57. The zero-order chi connectivity index (χ0) is 13.2. The summed E-state index contributed by atoms with van der Waals surface area (Å²) in [5.41, 5.74) is 7.50. The standard InChI is InChI=1S/C16H24ClN/c1-3-12-8-4-5-9-13(12)16(2,18)14-10-6-7-11-15(14)17/h6-7,10-13H,3-5,8-9,18H2,1-2H3. The van der Waals surface area contributed by atoms with Crippen LogP contribution in [0.25, 0.3) is 0 Å². The Kier molecular flexibility index (Phi) is 4.34. The fourth-order valence-corrected chi connectivity index (χ4v) is 3.92. The van der Waals surface area contributed by atoms with E-state index in [-0.39, 0.29) is 5.54 Å². The quantitative estimate of drug-likeness (QED) is 0.840. The van der Waals surface area contributed by atoms with Crippen molar-refractivity contribution < 1.29 is 0 Å². The molecule has 2 heteroatoms. The minimum atomic E-state index is -0.306. The lowest BCUT2D eigenvalue weighted by molar-refractivity contribution is 0.138. The van der Waals surface area contributed by atoms with Crippen LogP contribution in [0.4, 0.5) is 0 Å². The molecule has 0 amide bonds. The Balaban J connectivity index is 2.31. The molecule has 0 heterocycles. The lowest BCUT2D eigenvalue weighted by atomic mass is 9.66. The highest BCUT2D eigenvalue weighted by Gasteiger charge is 2.38. The van der Waals surface area contributed by atoms with Crippen LogP contribution in [0.2, 0.25) is 5.02 Å². The molecule has 0 aromatic heterocycles. The summed E-state index contributed by atoms with van der Waals surface area (Å²) in [6, 6.07) is 8.05. The van der Waals surface area contributed by atoms with Gasteiger partial charge in [0.2, 0.25) is 0 Å². The van der Waals surface area contributed by atoms with Crippen LogP contribution in [-0.2, 0) is 5.54 Å². The number of halogens is 1. The van der Waals surface area contributed by atoms with Crippen LogP contribution in [0.5, 0.6) is 0 Å². The predicted octanol–water partition coefficient (Wildman–Crippen LogP) is 4.73. The third-order valence-corrected chi connectivity index (χ3v) is 4.99. The Bertz CT molecular complexity index is 400. The van der Waals surface area contributed by atoms with E-state index in [0.717, 1.165) is 16.5 Å². The molecule has 2 N–H and O–H groups in total. The summed E-state index contributed by atoms with van der Waals surface area (Å²) >= 11 is 6.34. The van der Waals surface area contributed by atoms with Crippen LogP contribution in [0.1, 0.15) is 51.5 Å². The van der Waals surface area contributed by atoms with Crippen molar-refractivity contribution in [3.63, 3.8) is 0 Å². The van der Waals surface area contributed by atoms with Gasteiger partial charge < -0.3 is 5.73 Å². The molecule has 1 fully saturated rings. The van der Waals surface area contributed by atoms with E-state index < -0.39 is 0 Å². The highest BCUT2D eigenvalue weighted by molar-refractivity contribution is 6.31. The van der Waals surface area contributed by atoms with Crippen LogP contribution >= 0.6 is 11.6 Å². The van der Waals surface area contributed by atoms with Gasteiger partial charge in [-0.05, 0) is 36.8 Å². The van der Waals surface area contributed by atoms with Gasteiger partial charge in [0.05, 0.1) is 0 Å². The van der Waals surface area contributed by atoms with Crippen LogP contribution in [-0.4, -0.2) is 0 Å². The van der Waals surface area contributed by atoms with Gasteiger partial charge in [-0.25, -0.2) is 0 Å². The van der Waals surface area contributed by atoms with E-state index >= 15 is 0 Å². The highest BCUT2D eigenvalue weighted by Crippen LogP contribution is 2.43. The molecule has 1 aromatic rings. The second-order valence-corrected chi connectivity index (χ2v) is 6.23. The molecule has 1 nitrogen and oxygen atoms in total. The number of nitrogens with two attached hydrogens (primary N) is 1. The molecule has 0 radical (unpaired) electrons. The van der Waals surface area contributed by atoms with E-state index in [2.05, 4.69) is 19.9 Å². The number of hydrogen-bond donors (Lipinski definition) is 1. The smallest absolute Gasteiger partial charge is 0.0456 e. The summed E-state index contributed by atoms with van der Waals surface area (Å²) in [5, 5.41) is 0.808. The lowest BCUT2D eigenvalue weighted by Gasteiger charge is -2.42. The van der Waals surface area contributed by atoms with Gasteiger partial charge in [-0.15, -0.1) is 0 Å². The van der Waals surface area contributed by atoms with Gasteiger partial charge in [0, 0.05) is 10.6 Å². The molecule has 1 aliphatic carbocycles.